The zero-order valence-electron chi connectivity index (χ0n) is 10.7. The standard InChI is InChI=1S/C14H21ClN2/c1-11-4-3-5-13(8-11)17(2)14-10-16-7-6-12(14)9-15/h6-7,10-11,13H,3-5,8-9H2,1-2H3. The van der Waals surface area contributed by atoms with Gasteiger partial charge in [-0.05, 0) is 30.4 Å². The third kappa shape index (κ3) is 2.92. The highest BCUT2D eigenvalue weighted by Gasteiger charge is 2.23. The largest absolute Gasteiger partial charge is 0.370 e. The van der Waals surface area contributed by atoms with E-state index in [0.29, 0.717) is 11.9 Å². The van der Waals surface area contributed by atoms with Crippen LogP contribution in [0.4, 0.5) is 5.69 Å². The van der Waals surface area contributed by atoms with Crippen LogP contribution in [0.1, 0.15) is 38.2 Å². The third-order valence-corrected chi connectivity index (χ3v) is 4.16. The average molecular weight is 253 g/mol. The zero-order valence-corrected chi connectivity index (χ0v) is 11.5. The summed E-state index contributed by atoms with van der Waals surface area (Å²) in [5, 5.41) is 0. The van der Waals surface area contributed by atoms with E-state index in [4.69, 9.17) is 11.6 Å². The maximum atomic E-state index is 5.99. The molecule has 1 aliphatic rings. The Morgan fingerprint density at radius 3 is 3.00 bits per heavy atom. The van der Waals surface area contributed by atoms with Crippen molar-refractivity contribution in [2.24, 2.45) is 5.92 Å². The lowest BCUT2D eigenvalue weighted by atomic mass is 9.86. The lowest BCUT2D eigenvalue weighted by molar-refractivity contribution is 0.336. The van der Waals surface area contributed by atoms with E-state index >= 15 is 0 Å². The van der Waals surface area contributed by atoms with Crippen molar-refractivity contribution in [2.75, 3.05) is 11.9 Å². The van der Waals surface area contributed by atoms with Crippen LogP contribution in [-0.2, 0) is 5.88 Å². The number of alkyl halides is 1. The molecule has 3 heteroatoms. The molecule has 0 saturated heterocycles. The molecule has 1 fully saturated rings. The van der Waals surface area contributed by atoms with Gasteiger partial charge in [-0.1, -0.05) is 19.8 Å². The van der Waals surface area contributed by atoms with Gasteiger partial charge in [-0.15, -0.1) is 11.6 Å². The molecule has 17 heavy (non-hydrogen) atoms. The summed E-state index contributed by atoms with van der Waals surface area (Å²) in [6.45, 7) is 2.35. The maximum Gasteiger partial charge on any atom is 0.0597 e. The summed E-state index contributed by atoms with van der Waals surface area (Å²) in [7, 11) is 2.18. The van der Waals surface area contributed by atoms with Gasteiger partial charge in [0.2, 0.25) is 0 Å². The van der Waals surface area contributed by atoms with Crippen LogP contribution in [0.5, 0.6) is 0 Å². The van der Waals surface area contributed by atoms with Crippen LogP contribution in [0.25, 0.3) is 0 Å². The van der Waals surface area contributed by atoms with Crippen LogP contribution in [0.15, 0.2) is 18.5 Å². The van der Waals surface area contributed by atoms with Gasteiger partial charge in [0.15, 0.2) is 0 Å². The molecule has 0 bridgehead atoms. The maximum absolute atomic E-state index is 5.99. The Bertz CT molecular complexity index is 367. The van der Waals surface area contributed by atoms with Gasteiger partial charge in [-0.3, -0.25) is 4.98 Å². The minimum atomic E-state index is 0.560. The summed E-state index contributed by atoms with van der Waals surface area (Å²) in [6.07, 6.45) is 9.05. The smallest absolute Gasteiger partial charge is 0.0597 e. The van der Waals surface area contributed by atoms with Crippen molar-refractivity contribution in [3.8, 4) is 0 Å². The Morgan fingerprint density at radius 2 is 2.29 bits per heavy atom. The second-order valence-corrected chi connectivity index (χ2v) is 5.44. The Balaban J connectivity index is 2.15. The molecule has 0 spiro atoms. The molecule has 0 N–H and O–H groups in total. The van der Waals surface area contributed by atoms with Gasteiger partial charge in [0, 0.05) is 25.2 Å². The summed E-state index contributed by atoms with van der Waals surface area (Å²) >= 11 is 5.99. The second-order valence-electron chi connectivity index (χ2n) is 5.17. The van der Waals surface area contributed by atoms with Crippen molar-refractivity contribution in [1.29, 1.82) is 0 Å². The van der Waals surface area contributed by atoms with Crippen molar-refractivity contribution < 1.29 is 0 Å². The number of aromatic nitrogens is 1. The van der Waals surface area contributed by atoms with E-state index in [2.05, 4.69) is 23.9 Å². The quantitative estimate of drug-likeness (QED) is 0.760. The monoisotopic (exact) mass is 252 g/mol. The van der Waals surface area contributed by atoms with Crippen LogP contribution in [0.3, 0.4) is 0 Å². The molecule has 2 unspecified atom stereocenters. The van der Waals surface area contributed by atoms with Crippen LogP contribution >= 0.6 is 11.6 Å². The van der Waals surface area contributed by atoms with E-state index in [1.807, 2.05) is 18.5 Å². The molecule has 2 atom stereocenters. The Kier molecular flexibility index (Phi) is 4.27. The van der Waals surface area contributed by atoms with E-state index in [9.17, 15) is 0 Å². The summed E-state index contributed by atoms with van der Waals surface area (Å²) in [5.74, 6) is 1.40. The second kappa shape index (κ2) is 5.72. The van der Waals surface area contributed by atoms with E-state index in [1.54, 1.807) is 0 Å². The van der Waals surface area contributed by atoms with Crippen LogP contribution in [-0.4, -0.2) is 18.1 Å². The van der Waals surface area contributed by atoms with Crippen LogP contribution in [0.2, 0.25) is 0 Å². The highest BCUT2D eigenvalue weighted by molar-refractivity contribution is 6.17. The summed E-state index contributed by atoms with van der Waals surface area (Å²) in [6, 6.07) is 2.66. The highest BCUT2D eigenvalue weighted by atomic mass is 35.5. The molecular formula is C14H21ClN2. The molecular weight excluding hydrogens is 232 g/mol. The normalized spacial score (nSPS) is 24.6. The third-order valence-electron chi connectivity index (χ3n) is 3.87. The Morgan fingerprint density at radius 1 is 1.47 bits per heavy atom. The highest BCUT2D eigenvalue weighted by Crippen LogP contribution is 2.31. The molecule has 1 aromatic rings. The summed E-state index contributed by atoms with van der Waals surface area (Å²) in [5.41, 5.74) is 2.38. The molecule has 1 aliphatic carbocycles. The van der Waals surface area contributed by atoms with E-state index in [-0.39, 0.29) is 0 Å². The van der Waals surface area contributed by atoms with E-state index in [1.165, 1.54) is 36.9 Å². The Hall–Kier alpha value is -0.760. The van der Waals surface area contributed by atoms with Gasteiger partial charge < -0.3 is 4.90 Å². The lowest BCUT2D eigenvalue weighted by Crippen LogP contribution is -2.36. The van der Waals surface area contributed by atoms with Gasteiger partial charge in [-0.25, -0.2) is 0 Å². The minimum absolute atomic E-state index is 0.560. The van der Waals surface area contributed by atoms with Gasteiger partial charge in [0.25, 0.3) is 0 Å². The minimum Gasteiger partial charge on any atom is -0.370 e. The van der Waals surface area contributed by atoms with Crippen molar-refractivity contribution in [3.05, 3.63) is 24.0 Å². The molecule has 2 rings (SSSR count). The summed E-state index contributed by atoms with van der Waals surface area (Å²) < 4.78 is 0. The molecule has 0 amide bonds. The zero-order chi connectivity index (χ0) is 12.3. The number of halogens is 1. The molecule has 0 aromatic carbocycles. The van der Waals surface area contributed by atoms with E-state index < -0.39 is 0 Å². The molecule has 0 radical (unpaired) electrons. The molecule has 1 heterocycles. The van der Waals surface area contributed by atoms with Gasteiger partial charge in [0.1, 0.15) is 0 Å². The van der Waals surface area contributed by atoms with Crippen molar-refractivity contribution in [1.82, 2.24) is 4.98 Å². The number of anilines is 1. The number of hydrogen-bond donors (Lipinski definition) is 0. The van der Waals surface area contributed by atoms with Crippen molar-refractivity contribution in [3.63, 3.8) is 0 Å². The summed E-state index contributed by atoms with van der Waals surface area (Å²) in [4.78, 5) is 6.60. The molecule has 2 nitrogen and oxygen atoms in total. The fourth-order valence-electron chi connectivity index (χ4n) is 2.80. The molecule has 94 valence electrons. The van der Waals surface area contributed by atoms with Crippen LogP contribution in [0, 0.1) is 5.92 Å². The SMILES string of the molecule is CC1CCCC(N(C)c2cnccc2CCl)C1. The average Bonchev–Trinajstić information content (AvgIpc) is 2.38. The fourth-order valence-corrected chi connectivity index (χ4v) is 3.02. The predicted molar refractivity (Wildman–Crippen MR) is 73.6 cm³/mol. The van der Waals surface area contributed by atoms with Crippen molar-refractivity contribution >= 4 is 17.3 Å². The molecule has 1 aromatic heterocycles. The van der Waals surface area contributed by atoms with Gasteiger partial charge >= 0.3 is 0 Å². The first kappa shape index (κ1) is 12.7. The first-order valence-corrected chi connectivity index (χ1v) is 6.97. The predicted octanol–water partition coefficient (Wildman–Crippen LogP) is 3.84. The topological polar surface area (TPSA) is 16.1 Å². The van der Waals surface area contributed by atoms with Crippen LogP contribution < -0.4 is 4.90 Å². The molecule has 0 aliphatic heterocycles. The van der Waals surface area contributed by atoms with Gasteiger partial charge in [0.05, 0.1) is 11.9 Å². The fraction of sp³-hybridized carbons (Fsp3) is 0.643. The Labute approximate surface area is 109 Å². The first-order chi connectivity index (χ1) is 8.22. The number of rotatable bonds is 3. The van der Waals surface area contributed by atoms with Gasteiger partial charge in [-0.2, -0.15) is 0 Å². The van der Waals surface area contributed by atoms with E-state index in [0.717, 1.165) is 5.92 Å². The lowest BCUT2D eigenvalue weighted by Gasteiger charge is -2.36. The number of nitrogens with zero attached hydrogens (tertiary/aromatic N) is 2. The number of hydrogen-bond acceptors (Lipinski definition) is 2. The first-order valence-electron chi connectivity index (χ1n) is 6.44. The molecule has 1 saturated carbocycles. The number of pyridine rings is 1. The van der Waals surface area contributed by atoms with Crippen molar-refractivity contribution in [2.45, 2.75) is 44.5 Å².